The maximum Gasteiger partial charge on any atom is 0.335 e. The van der Waals surface area contributed by atoms with Crippen LogP contribution in [0.25, 0.3) is 0 Å². The van der Waals surface area contributed by atoms with Gasteiger partial charge in [0.25, 0.3) is 0 Å². The summed E-state index contributed by atoms with van der Waals surface area (Å²) >= 11 is 5.99. The lowest BCUT2D eigenvalue weighted by Gasteiger charge is -2.08. The summed E-state index contributed by atoms with van der Waals surface area (Å²) in [7, 11) is 0. The van der Waals surface area contributed by atoms with Crippen molar-refractivity contribution in [2.24, 2.45) is 5.10 Å². The minimum Gasteiger partial charge on any atom is -0.872 e. The summed E-state index contributed by atoms with van der Waals surface area (Å²) in [6.45, 7) is 1.77. The van der Waals surface area contributed by atoms with Crippen LogP contribution in [0, 0.1) is 0 Å². The Balaban J connectivity index is 2.21. The third-order valence-corrected chi connectivity index (χ3v) is 3.16. The van der Waals surface area contributed by atoms with E-state index in [4.69, 9.17) is 16.7 Å². The molecule has 6 heteroatoms. The first-order valence-electron chi connectivity index (χ1n) is 6.08. The SMILES string of the molecule is C/C(=N\Nc1cc(C(=O)O)ccc1Cl)c1ccc([O-])cc1. The number of carbonyl (C=O) groups is 1. The molecule has 0 amide bonds. The molecule has 0 aliphatic carbocycles. The third-order valence-electron chi connectivity index (χ3n) is 2.83. The molecule has 0 aromatic heterocycles. The first kappa shape index (κ1) is 14.9. The van der Waals surface area contributed by atoms with E-state index in [9.17, 15) is 9.90 Å². The maximum absolute atomic E-state index is 11.0. The first-order chi connectivity index (χ1) is 9.97. The van der Waals surface area contributed by atoms with Crippen molar-refractivity contribution >= 4 is 29.0 Å². The van der Waals surface area contributed by atoms with Gasteiger partial charge < -0.3 is 10.2 Å². The Labute approximate surface area is 126 Å². The van der Waals surface area contributed by atoms with Crippen molar-refractivity contribution < 1.29 is 15.0 Å². The van der Waals surface area contributed by atoms with Crippen LogP contribution in [0.3, 0.4) is 0 Å². The number of hydrogen-bond donors (Lipinski definition) is 2. The number of nitrogens with zero attached hydrogens (tertiary/aromatic N) is 1. The van der Waals surface area contributed by atoms with E-state index in [1.807, 2.05) is 0 Å². The van der Waals surface area contributed by atoms with Crippen molar-refractivity contribution in [2.75, 3.05) is 5.43 Å². The fourth-order valence-corrected chi connectivity index (χ4v) is 1.81. The molecule has 108 valence electrons. The molecular weight excluding hydrogens is 292 g/mol. The van der Waals surface area contributed by atoms with E-state index >= 15 is 0 Å². The Kier molecular flexibility index (Phi) is 4.45. The van der Waals surface area contributed by atoms with Gasteiger partial charge in [-0.25, -0.2) is 4.79 Å². The summed E-state index contributed by atoms with van der Waals surface area (Å²) < 4.78 is 0. The molecule has 0 atom stereocenters. The van der Waals surface area contributed by atoms with Crippen molar-refractivity contribution in [3.63, 3.8) is 0 Å². The van der Waals surface area contributed by atoms with Crippen molar-refractivity contribution in [1.82, 2.24) is 0 Å². The standard InChI is InChI=1S/C15H13ClN2O3/c1-9(10-2-5-12(19)6-3-10)17-18-14-8-11(15(20)21)4-7-13(14)16/h2-8,18-19H,1H3,(H,20,21)/p-1/b17-9+. The van der Waals surface area contributed by atoms with E-state index < -0.39 is 5.97 Å². The van der Waals surface area contributed by atoms with Crippen LogP contribution in [0.5, 0.6) is 5.75 Å². The summed E-state index contributed by atoms with van der Waals surface area (Å²) in [6, 6.07) is 10.5. The summed E-state index contributed by atoms with van der Waals surface area (Å²) in [5, 5.41) is 24.5. The Morgan fingerprint density at radius 2 is 1.81 bits per heavy atom. The second-order valence-corrected chi connectivity index (χ2v) is 4.74. The zero-order chi connectivity index (χ0) is 15.4. The van der Waals surface area contributed by atoms with E-state index in [1.54, 1.807) is 19.1 Å². The van der Waals surface area contributed by atoms with E-state index in [0.29, 0.717) is 16.4 Å². The second kappa shape index (κ2) is 6.28. The average Bonchev–Trinajstić information content (AvgIpc) is 2.46. The van der Waals surface area contributed by atoms with Gasteiger partial charge in [0, 0.05) is 0 Å². The fraction of sp³-hybridized carbons (Fsp3) is 0.0667. The van der Waals surface area contributed by atoms with Crippen LogP contribution < -0.4 is 10.5 Å². The maximum atomic E-state index is 11.0. The van der Waals surface area contributed by atoms with Crippen LogP contribution in [0.15, 0.2) is 47.6 Å². The van der Waals surface area contributed by atoms with Crippen LogP contribution in [-0.4, -0.2) is 16.8 Å². The van der Waals surface area contributed by atoms with Crippen LogP contribution in [-0.2, 0) is 0 Å². The van der Waals surface area contributed by atoms with Gasteiger partial charge in [-0.1, -0.05) is 35.9 Å². The number of nitrogens with one attached hydrogen (secondary N) is 1. The zero-order valence-electron chi connectivity index (χ0n) is 11.1. The van der Waals surface area contributed by atoms with Crippen molar-refractivity contribution in [2.45, 2.75) is 6.92 Å². The molecule has 0 aliphatic rings. The van der Waals surface area contributed by atoms with Gasteiger partial charge in [0.15, 0.2) is 0 Å². The van der Waals surface area contributed by atoms with Gasteiger partial charge in [0.2, 0.25) is 0 Å². The number of carboxylic acid groups (broad SMARTS) is 1. The van der Waals surface area contributed by atoms with Crippen LogP contribution >= 0.6 is 11.6 Å². The van der Waals surface area contributed by atoms with Crippen molar-refractivity contribution in [1.29, 1.82) is 0 Å². The molecule has 0 saturated heterocycles. The predicted octanol–water partition coefficient (Wildman–Crippen LogP) is 2.95. The molecule has 2 aromatic carbocycles. The monoisotopic (exact) mass is 303 g/mol. The van der Waals surface area contributed by atoms with E-state index in [1.165, 1.54) is 30.3 Å². The Morgan fingerprint density at radius 1 is 1.19 bits per heavy atom. The summed E-state index contributed by atoms with van der Waals surface area (Å²) in [5.41, 5.74) is 4.68. The van der Waals surface area contributed by atoms with Crippen molar-refractivity contribution in [3.8, 4) is 5.75 Å². The number of hydrazone groups is 1. The number of rotatable bonds is 4. The molecule has 0 aliphatic heterocycles. The smallest absolute Gasteiger partial charge is 0.335 e. The molecule has 0 radical (unpaired) electrons. The molecule has 0 bridgehead atoms. The molecule has 2 aromatic rings. The average molecular weight is 304 g/mol. The summed E-state index contributed by atoms with van der Waals surface area (Å²) in [4.78, 5) is 10.9. The van der Waals surface area contributed by atoms with Gasteiger partial charge in [-0.15, -0.1) is 5.75 Å². The van der Waals surface area contributed by atoms with E-state index in [-0.39, 0.29) is 11.3 Å². The quantitative estimate of drug-likeness (QED) is 0.672. The molecule has 0 saturated carbocycles. The molecule has 0 heterocycles. The number of hydrogen-bond acceptors (Lipinski definition) is 4. The molecule has 5 nitrogen and oxygen atoms in total. The van der Waals surface area contributed by atoms with Gasteiger partial charge in [0.1, 0.15) is 0 Å². The Bertz CT molecular complexity index is 697. The molecular formula is C15H12ClN2O3-. The highest BCUT2D eigenvalue weighted by Crippen LogP contribution is 2.23. The lowest BCUT2D eigenvalue weighted by Crippen LogP contribution is -2.02. The zero-order valence-corrected chi connectivity index (χ0v) is 11.9. The predicted molar refractivity (Wildman–Crippen MR) is 80.1 cm³/mol. The van der Waals surface area contributed by atoms with Crippen LogP contribution in [0.4, 0.5) is 5.69 Å². The number of carboxylic acids is 1. The lowest BCUT2D eigenvalue weighted by atomic mass is 10.1. The van der Waals surface area contributed by atoms with Gasteiger partial charge in [-0.05, 0) is 30.7 Å². The third kappa shape index (κ3) is 3.73. The Hall–Kier alpha value is -2.53. The van der Waals surface area contributed by atoms with Crippen molar-refractivity contribution in [3.05, 3.63) is 58.6 Å². The van der Waals surface area contributed by atoms with Gasteiger partial charge >= 0.3 is 5.97 Å². The number of anilines is 1. The minimum atomic E-state index is -1.04. The summed E-state index contributed by atoms with van der Waals surface area (Å²) in [5.74, 6) is -1.11. The normalized spacial score (nSPS) is 11.2. The largest absolute Gasteiger partial charge is 0.872 e. The lowest BCUT2D eigenvalue weighted by molar-refractivity contribution is -0.268. The van der Waals surface area contributed by atoms with E-state index in [2.05, 4.69) is 10.5 Å². The Morgan fingerprint density at radius 3 is 2.43 bits per heavy atom. The number of halogens is 1. The van der Waals surface area contributed by atoms with Crippen LogP contribution in [0.2, 0.25) is 5.02 Å². The second-order valence-electron chi connectivity index (χ2n) is 4.33. The van der Waals surface area contributed by atoms with Gasteiger partial charge in [-0.2, -0.15) is 5.10 Å². The van der Waals surface area contributed by atoms with Gasteiger partial charge in [0.05, 0.1) is 22.0 Å². The molecule has 0 unspecified atom stereocenters. The number of benzene rings is 2. The highest BCUT2D eigenvalue weighted by Gasteiger charge is 2.07. The molecule has 2 N–H and O–H groups in total. The highest BCUT2D eigenvalue weighted by molar-refractivity contribution is 6.33. The van der Waals surface area contributed by atoms with Gasteiger partial charge in [-0.3, -0.25) is 5.43 Å². The minimum absolute atomic E-state index is 0.0725. The number of aromatic carboxylic acids is 1. The molecule has 0 spiro atoms. The molecule has 2 rings (SSSR count). The fourth-order valence-electron chi connectivity index (χ4n) is 1.65. The van der Waals surface area contributed by atoms with Crippen LogP contribution in [0.1, 0.15) is 22.8 Å². The van der Waals surface area contributed by atoms with E-state index in [0.717, 1.165) is 5.56 Å². The first-order valence-corrected chi connectivity index (χ1v) is 6.46. The summed E-state index contributed by atoms with van der Waals surface area (Å²) in [6.07, 6.45) is 0. The molecule has 21 heavy (non-hydrogen) atoms. The highest BCUT2D eigenvalue weighted by atomic mass is 35.5. The topological polar surface area (TPSA) is 84.8 Å². The molecule has 0 fully saturated rings.